The fourth-order valence-electron chi connectivity index (χ4n) is 4.68. The summed E-state index contributed by atoms with van der Waals surface area (Å²) >= 11 is 5.16. The highest BCUT2D eigenvalue weighted by Crippen LogP contribution is 2.63. The number of esters is 1. The number of aromatic nitrogens is 1. The molecule has 2 aromatic carbocycles. The van der Waals surface area contributed by atoms with Crippen LogP contribution in [0.15, 0.2) is 85.1 Å². The van der Waals surface area contributed by atoms with Crippen LogP contribution in [-0.4, -0.2) is 28.9 Å². The number of nitrogens with zero attached hydrogens (tertiary/aromatic N) is 1. The lowest BCUT2D eigenvalue weighted by atomic mass is 9.77. The summed E-state index contributed by atoms with van der Waals surface area (Å²) < 4.78 is 46.3. The molecule has 2 atom stereocenters. The maximum atomic E-state index is 13.3. The van der Waals surface area contributed by atoms with Gasteiger partial charge in [0.1, 0.15) is 16.2 Å². The third-order valence-electron chi connectivity index (χ3n) is 6.63. The van der Waals surface area contributed by atoms with Crippen molar-refractivity contribution < 1.29 is 32.3 Å². The topological polar surface area (TPSA) is 57.5 Å². The van der Waals surface area contributed by atoms with Crippen LogP contribution >= 0.6 is 12.2 Å². The second-order valence-corrected chi connectivity index (χ2v) is 9.72. The summed E-state index contributed by atoms with van der Waals surface area (Å²) in [5, 5.41) is 0. The van der Waals surface area contributed by atoms with Crippen LogP contribution in [0.25, 0.3) is 0 Å². The molecule has 9 heteroatoms. The van der Waals surface area contributed by atoms with Gasteiger partial charge in [-0.15, -0.1) is 0 Å². The van der Waals surface area contributed by atoms with E-state index in [1.54, 1.807) is 12.1 Å². The summed E-state index contributed by atoms with van der Waals surface area (Å²) in [5.41, 5.74) is -0.700. The van der Waals surface area contributed by atoms with Gasteiger partial charge in [0.15, 0.2) is 0 Å². The van der Waals surface area contributed by atoms with E-state index in [9.17, 15) is 22.8 Å². The van der Waals surface area contributed by atoms with Gasteiger partial charge in [-0.1, -0.05) is 78.9 Å². The van der Waals surface area contributed by atoms with Crippen LogP contribution in [0.2, 0.25) is 0 Å². The molecule has 1 aliphatic rings. The predicted molar refractivity (Wildman–Crippen MR) is 128 cm³/mol. The highest BCUT2D eigenvalue weighted by Gasteiger charge is 2.65. The second kappa shape index (κ2) is 9.54. The third kappa shape index (κ3) is 4.80. The van der Waals surface area contributed by atoms with Gasteiger partial charge >= 0.3 is 18.1 Å². The van der Waals surface area contributed by atoms with Crippen LogP contribution in [0.3, 0.4) is 0 Å². The molecule has 1 aromatic heterocycles. The minimum atomic E-state index is -5.22. The van der Waals surface area contributed by atoms with Crippen LogP contribution in [-0.2, 0) is 19.7 Å². The Morgan fingerprint density at radius 3 is 1.94 bits per heavy atom. The van der Waals surface area contributed by atoms with Crippen molar-refractivity contribution in [2.75, 3.05) is 0 Å². The molecule has 5 nitrogen and oxygen atoms in total. The molecule has 188 valence electrons. The van der Waals surface area contributed by atoms with Crippen molar-refractivity contribution in [2.45, 2.75) is 38.0 Å². The molecule has 36 heavy (non-hydrogen) atoms. The van der Waals surface area contributed by atoms with Crippen LogP contribution in [0.1, 0.15) is 31.4 Å². The first-order chi connectivity index (χ1) is 17.0. The van der Waals surface area contributed by atoms with Crippen molar-refractivity contribution in [2.24, 2.45) is 11.3 Å². The molecule has 0 aliphatic heterocycles. The van der Waals surface area contributed by atoms with Crippen molar-refractivity contribution in [3.63, 3.8) is 0 Å². The van der Waals surface area contributed by atoms with E-state index in [4.69, 9.17) is 21.8 Å². The van der Waals surface area contributed by atoms with Crippen LogP contribution in [0.5, 0.6) is 0 Å². The van der Waals surface area contributed by atoms with Crippen molar-refractivity contribution in [1.82, 2.24) is 4.73 Å². The fourth-order valence-corrected chi connectivity index (χ4v) is 4.86. The predicted octanol–water partition coefficient (Wildman–Crippen LogP) is 5.68. The van der Waals surface area contributed by atoms with Gasteiger partial charge in [-0.05, 0) is 43.5 Å². The van der Waals surface area contributed by atoms with E-state index in [0.29, 0.717) is 6.42 Å². The largest absolute Gasteiger partial charge is 0.490 e. The van der Waals surface area contributed by atoms with Crippen LogP contribution in [0.4, 0.5) is 13.2 Å². The minimum absolute atomic E-state index is 0.194. The number of benzene rings is 2. The minimum Gasteiger partial charge on any atom is -0.454 e. The Balaban J connectivity index is 1.76. The lowest BCUT2D eigenvalue weighted by Gasteiger charge is -2.34. The molecular formula is C27H24F3NO4S. The normalized spacial score (nSPS) is 17.6. The molecule has 3 aromatic rings. The van der Waals surface area contributed by atoms with Crippen molar-refractivity contribution >= 4 is 24.2 Å². The second-order valence-electron chi connectivity index (χ2n) is 9.30. The van der Waals surface area contributed by atoms with Gasteiger partial charge in [0.05, 0.1) is 0 Å². The summed E-state index contributed by atoms with van der Waals surface area (Å²) in [4.78, 5) is 30.8. The maximum absolute atomic E-state index is 13.3. The number of pyridine rings is 1. The molecule has 1 heterocycles. The lowest BCUT2D eigenvalue weighted by Crippen LogP contribution is -2.48. The zero-order valence-corrected chi connectivity index (χ0v) is 20.4. The summed E-state index contributed by atoms with van der Waals surface area (Å²) in [6.07, 6.45) is -4.88. The van der Waals surface area contributed by atoms with Crippen LogP contribution < -0.4 is 4.84 Å². The molecule has 1 fully saturated rings. The Morgan fingerprint density at radius 2 is 1.44 bits per heavy atom. The maximum Gasteiger partial charge on any atom is 0.490 e. The van der Waals surface area contributed by atoms with Crippen molar-refractivity contribution in [3.05, 3.63) is 101 Å². The molecule has 0 radical (unpaired) electrons. The Kier molecular flexibility index (Phi) is 6.79. The van der Waals surface area contributed by atoms with Gasteiger partial charge in [-0.3, -0.25) is 0 Å². The number of hydrogen-bond acceptors (Lipinski definition) is 5. The zero-order chi connectivity index (χ0) is 26.1. The van der Waals surface area contributed by atoms with E-state index in [1.807, 2.05) is 60.7 Å². The number of carbonyl (C=O) groups excluding carboxylic acids is 2. The van der Waals surface area contributed by atoms with Gasteiger partial charge in [0.2, 0.25) is 0 Å². The Morgan fingerprint density at radius 1 is 0.917 bits per heavy atom. The number of halogens is 3. The first-order valence-corrected chi connectivity index (χ1v) is 11.7. The number of hydrogen-bond donors (Lipinski definition) is 0. The number of ether oxygens (including phenoxy) is 1. The smallest absolute Gasteiger partial charge is 0.454 e. The SMILES string of the molecule is CC(C)(C(=O)On1ccccc1=S)C(OC(=O)C(F)(F)F)C1CC1(c1ccccc1)c1ccccc1. The van der Waals surface area contributed by atoms with Crippen molar-refractivity contribution in [1.29, 1.82) is 0 Å². The summed E-state index contributed by atoms with van der Waals surface area (Å²) in [6, 6.07) is 23.3. The van der Waals surface area contributed by atoms with E-state index in [1.165, 1.54) is 26.1 Å². The van der Waals surface area contributed by atoms with Gasteiger partial charge in [-0.2, -0.15) is 17.9 Å². The highest BCUT2D eigenvalue weighted by atomic mass is 32.1. The highest BCUT2D eigenvalue weighted by molar-refractivity contribution is 7.71. The standard InChI is InChI=1S/C27H24F3NO4S/c1-25(2,23(32)35-31-16-10-9-15-21(31)36)22(34-24(33)27(28,29)30)20-17-26(20,18-11-5-3-6-12-18)19-13-7-4-8-14-19/h3-16,20,22H,17H2,1-2H3. The molecule has 0 amide bonds. The Hall–Kier alpha value is -3.46. The molecule has 0 spiro atoms. The van der Waals surface area contributed by atoms with Crippen LogP contribution in [0, 0.1) is 16.0 Å². The first-order valence-electron chi connectivity index (χ1n) is 11.3. The molecule has 0 bridgehead atoms. The van der Waals surface area contributed by atoms with E-state index in [-0.39, 0.29) is 4.64 Å². The van der Waals surface area contributed by atoms with E-state index < -0.39 is 41.0 Å². The van der Waals surface area contributed by atoms with Gasteiger partial charge in [0.25, 0.3) is 0 Å². The quantitative estimate of drug-likeness (QED) is 0.299. The summed E-state index contributed by atoms with van der Waals surface area (Å²) in [7, 11) is 0. The van der Waals surface area contributed by atoms with Crippen molar-refractivity contribution in [3.8, 4) is 0 Å². The molecule has 0 saturated heterocycles. The molecule has 2 unspecified atom stereocenters. The Bertz CT molecular complexity index is 1270. The lowest BCUT2D eigenvalue weighted by molar-refractivity contribution is -0.213. The number of rotatable bonds is 7. The molecular weight excluding hydrogens is 491 g/mol. The fraction of sp³-hybridized carbons (Fsp3) is 0.296. The van der Waals surface area contributed by atoms with E-state index >= 15 is 0 Å². The third-order valence-corrected chi connectivity index (χ3v) is 6.95. The summed E-state index contributed by atoms with van der Waals surface area (Å²) in [6.45, 7) is 2.82. The van der Waals surface area contributed by atoms with E-state index in [2.05, 4.69) is 0 Å². The molecule has 1 aliphatic carbocycles. The molecule has 0 N–H and O–H groups in total. The van der Waals surface area contributed by atoms with Gasteiger partial charge in [-0.25, -0.2) is 9.59 Å². The average Bonchev–Trinajstić information content (AvgIpc) is 3.60. The van der Waals surface area contributed by atoms with Gasteiger partial charge < -0.3 is 9.57 Å². The zero-order valence-electron chi connectivity index (χ0n) is 19.6. The average molecular weight is 516 g/mol. The molecule has 4 rings (SSSR count). The first kappa shape index (κ1) is 25.6. The van der Waals surface area contributed by atoms with Gasteiger partial charge in [0, 0.05) is 17.5 Å². The summed E-state index contributed by atoms with van der Waals surface area (Å²) in [5.74, 6) is -3.86. The number of alkyl halides is 3. The molecule has 1 saturated carbocycles. The Labute approximate surface area is 211 Å². The number of carbonyl (C=O) groups is 2. The monoisotopic (exact) mass is 515 g/mol. The van der Waals surface area contributed by atoms with E-state index in [0.717, 1.165) is 15.9 Å².